The molecular formula is C19H17ClN4O3S. The lowest BCUT2D eigenvalue weighted by molar-refractivity contribution is -0.128. The van der Waals surface area contributed by atoms with E-state index < -0.39 is 11.8 Å². The predicted molar refractivity (Wildman–Crippen MR) is 111 cm³/mol. The summed E-state index contributed by atoms with van der Waals surface area (Å²) in [6.45, 7) is 3.79. The Morgan fingerprint density at radius 2 is 2.00 bits per heavy atom. The van der Waals surface area contributed by atoms with Gasteiger partial charge in [-0.25, -0.2) is 0 Å². The number of nitrogens with zero attached hydrogens (tertiary/aromatic N) is 3. The number of benzene rings is 1. The normalized spacial score (nSPS) is 15.8. The fourth-order valence-electron chi connectivity index (χ4n) is 2.74. The van der Waals surface area contributed by atoms with Crippen LogP contribution in [0.15, 0.2) is 42.5 Å². The predicted octanol–water partition coefficient (Wildman–Crippen LogP) is 2.56. The van der Waals surface area contributed by atoms with Crippen LogP contribution in [0.1, 0.15) is 5.56 Å². The third-order valence-corrected chi connectivity index (χ3v) is 4.93. The molecule has 0 unspecified atom stereocenters. The SMILES string of the molecule is C=CCN1C(=O)C(=Cc2c(-c3ccc(OC)cc3)nn(C)c2Cl)C(=O)NC1=S. The number of aryl methyl sites for hydroxylation is 1. The highest BCUT2D eigenvalue weighted by Gasteiger charge is 2.33. The maximum absolute atomic E-state index is 12.8. The number of amides is 2. The lowest BCUT2D eigenvalue weighted by Crippen LogP contribution is -2.53. The maximum Gasteiger partial charge on any atom is 0.265 e. The number of hydrogen-bond donors (Lipinski definition) is 1. The summed E-state index contributed by atoms with van der Waals surface area (Å²) in [5.41, 5.74) is 1.67. The monoisotopic (exact) mass is 416 g/mol. The zero-order valence-electron chi connectivity index (χ0n) is 15.2. The van der Waals surface area contributed by atoms with Crippen LogP contribution in [-0.4, -0.2) is 45.3 Å². The topological polar surface area (TPSA) is 76.5 Å². The van der Waals surface area contributed by atoms with Gasteiger partial charge in [0.1, 0.15) is 22.2 Å². The smallest absolute Gasteiger partial charge is 0.265 e. The zero-order valence-corrected chi connectivity index (χ0v) is 16.8. The van der Waals surface area contributed by atoms with Crippen molar-refractivity contribution in [3.8, 4) is 17.0 Å². The van der Waals surface area contributed by atoms with E-state index in [1.165, 1.54) is 21.7 Å². The van der Waals surface area contributed by atoms with Crippen molar-refractivity contribution in [2.45, 2.75) is 0 Å². The Morgan fingerprint density at radius 1 is 1.32 bits per heavy atom. The molecule has 1 saturated heterocycles. The molecule has 0 saturated carbocycles. The van der Waals surface area contributed by atoms with Gasteiger partial charge in [0.25, 0.3) is 11.8 Å². The second-order valence-corrected chi connectivity index (χ2v) is 6.67. The van der Waals surface area contributed by atoms with E-state index in [0.717, 1.165) is 5.56 Å². The summed E-state index contributed by atoms with van der Waals surface area (Å²) >= 11 is 11.5. The molecule has 28 heavy (non-hydrogen) atoms. The van der Waals surface area contributed by atoms with Crippen molar-refractivity contribution in [1.29, 1.82) is 0 Å². The molecule has 3 rings (SSSR count). The molecule has 2 heterocycles. The van der Waals surface area contributed by atoms with E-state index in [1.807, 2.05) is 12.1 Å². The average molecular weight is 417 g/mol. The highest BCUT2D eigenvalue weighted by atomic mass is 35.5. The number of halogens is 1. The molecule has 2 amide bonds. The van der Waals surface area contributed by atoms with E-state index in [2.05, 4.69) is 17.0 Å². The van der Waals surface area contributed by atoms with Crippen LogP contribution in [0.2, 0.25) is 5.15 Å². The fraction of sp³-hybridized carbons (Fsp3) is 0.158. The molecule has 1 aromatic carbocycles. The van der Waals surface area contributed by atoms with Crippen molar-refractivity contribution in [1.82, 2.24) is 20.0 Å². The molecule has 1 N–H and O–H groups in total. The number of aromatic nitrogens is 2. The summed E-state index contributed by atoms with van der Waals surface area (Å²) in [6, 6.07) is 7.22. The highest BCUT2D eigenvalue weighted by Crippen LogP contribution is 2.32. The first-order valence-electron chi connectivity index (χ1n) is 8.24. The Bertz CT molecular complexity index is 1010. The van der Waals surface area contributed by atoms with E-state index in [1.54, 1.807) is 26.3 Å². The van der Waals surface area contributed by atoms with E-state index >= 15 is 0 Å². The lowest BCUT2D eigenvalue weighted by Gasteiger charge is -2.27. The standard InChI is InChI=1S/C19H17ClN4O3S/c1-4-9-24-18(26)14(17(25)21-19(24)28)10-13-15(22-23(2)16(13)20)11-5-7-12(27-3)8-6-11/h4-8,10H,1,9H2,2-3H3,(H,21,25,28). The molecular weight excluding hydrogens is 400 g/mol. The van der Waals surface area contributed by atoms with E-state index in [4.69, 9.17) is 28.6 Å². The minimum Gasteiger partial charge on any atom is -0.497 e. The van der Waals surface area contributed by atoms with Gasteiger partial charge >= 0.3 is 0 Å². The van der Waals surface area contributed by atoms with Crippen LogP contribution < -0.4 is 10.1 Å². The van der Waals surface area contributed by atoms with Gasteiger partial charge < -0.3 is 4.74 Å². The second kappa shape index (κ2) is 7.95. The van der Waals surface area contributed by atoms with Crippen LogP contribution >= 0.6 is 23.8 Å². The summed E-state index contributed by atoms with van der Waals surface area (Å²) in [4.78, 5) is 26.4. The molecule has 0 atom stereocenters. The first-order valence-corrected chi connectivity index (χ1v) is 9.02. The molecule has 0 aliphatic carbocycles. The number of carbonyl (C=O) groups excluding carboxylic acids is 2. The number of rotatable bonds is 5. The molecule has 0 radical (unpaired) electrons. The zero-order chi connectivity index (χ0) is 20.4. The maximum atomic E-state index is 12.8. The first kappa shape index (κ1) is 19.8. The number of hydrogen-bond acceptors (Lipinski definition) is 5. The molecule has 9 heteroatoms. The molecule has 1 aliphatic heterocycles. The summed E-state index contributed by atoms with van der Waals surface area (Å²) in [6.07, 6.45) is 2.96. The summed E-state index contributed by atoms with van der Waals surface area (Å²) in [7, 11) is 3.26. The second-order valence-electron chi connectivity index (χ2n) is 5.93. The first-order chi connectivity index (χ1) is 13.4. The summed E-state index contributed by atoms with van der Waals surface area (Å²) in [5, 5.41) is 7.27. The van der Waals surface area contributed by atoms with Gasteiger partial charge in [-0.15, -0.1) is 6.58 Å². The number of methoxy groups -OCH3 is 1. The van der Waals surface area contributed by atoms with E-state index in [0.29, 0.717) is 22.2 Å². The Labute approximate surface area is 172 Å². The molecule has 1 aliphatic rings. The van der Waals surface area contributed by atoms with Crippen molar-refractivity contribution in [3.63, 3.8) is 0 Å². The van der Waals surface area contributed by atoms with Crippen molar-refractivity contribution in [3.05, 3.63) is 53.2 Å². The summed E-state index contributed by atoms with van der Waals surface area (Å²) < 4.78 is 6.65. The van der Waals surface area contributed by atoms with E-state index in [9.17, 15) is 9.59 Å². The van der Waals surface area contributed by atoms with Crippen LogP contribution in [0.25, 0.3) is 17.3 Å². The van der Waals surface area contributed by atoms with Gasteiger partial charge in [0, 0.05) is 24.7 Å². The van der Waals surface area contributed by atoms with Crippen molar-refractivity contribution < 1.29 is 14.3 Å². The Balaban J connectivity index is 2.10. The van der Waals surface area contributed by atoms with Crippen LogP contribution in [-0.2, 0) is 16.6 Å². The fourth-order valence-corrected chi connectivity index (χ4v) is 3.18. The average Bonchev–Trinajstić information content (AvgIpc) is 2.96. The number of carbonyl (C=O) groups is 2. The van der Waals surface area contributed by atoms with Gasteiger partial charge in [-0.3, -0.25) is 24.5 Å². The number of thiocarbonyl (C=S) groups is 1. The van der Waals surface area contributed by atoms with Crippen molar-refractivity contribution in [2.24, 2.45) is 7.05 Å². The van der Waals surface area contributed by atoms with Crippen LogP contribution in [0.4, 0.5) is 0 Å². The van der Waals surface area contributed by atoms with Gasteiger partial charge in [-0.1, -0.05) is 17.7 Å². The molecule has 2 aromatic rings. The largest absolute Gasteiger partial charge is 0.497 e. The van der Waals surface area contributed by atoms with Gasteiger partial charge in [-0.05, 0) is 42.6 Å². The van der Waals surface area contributed by atoms with Crippen molar-refractivity contribution >= 4 is 46.8 Å². The third-order valence-electron chi connectivity index (χ3n) is 4.16. The van der Waals surface area contributed by atoms with Gasteiger partial charge in [0.2, 0.25) is 0 Å². The van der Waals surface area contributed by atoms with E-state index in [-0.39, 0.29) is 17.2 Å². The highest BCUT2D eigenvalue weighted by molar-refractivity contribution is 7.80. The van der Waals surface area contributed by atoms with Gasteiger partial charge in [0.05, 0.1) is 7.11 Å². The molecule has 0 spiro atoms. The molecule has 1 aromatic heterocycles. The Morgan fingerprint density at radius 3 is 2.61 bits per heavy atom. The molecule has 1 fully saturated rings. The van der Waals surface area contributed by atoms with Crippen LogP contribution in [0, 0.1) is 0 Å². The summed E-state index contributed by atoms with van der Waals surface area (Å²) in [5.74, 6) is -0.411. The van der Waals surface area contributed by atoms with Crippen LogP contribution in [0.5, 0.6) is 5.75 Å². The number of ether oxygens (including phenoxy) is 1. The molecule has 0 bridgehead atoms. The Hall–Kier alpha value is -2.97. The molecule has 7 nitrogen and oxygen atoms in total. The van der Waals surface area contributed by atoms with Gasteiger partial charge in [-0.2, -0.15) is 5.10 Å². The van der Waals surface area contributed by atoms with Gasteiger partial charge in [0.15, 0.2) is 5.11 Å². The van der Waals surface area contributed by atoms with Crippen LogP contribution in [0.3, 0.4) is 0 Å². The lowest BCUT2D eigenvalue weighted by atomic mass is 10.0. The number of nitrogens with one attached hydrogen (secondary N) is 1. The minimum absolute atomic E-state index is 0.0414. The molecule has 144 valence electrons. The minimum atomic E-state index is -0.587. The Kier molecular flexibility index (Phi) is 5.62. The third kappa shape index (κ3) is 3.56. The quantitative estimate of drug-likeness (QED) is 0.351. The van der Waals surface area contributed by atoms with Crippen molar-refractivity contribution in [2.75, 3.05) is 13.7 Å².